The summed E-state index contributed by atoms with van der Waals surface area (Å²) in [6.45, 7) is 0.0856. The van der Waals surface area contributed by atoms with Crippen molar-refractivity contribution in [2.75, 3.05) is 6.61 Å². The number of Topliss-reactive ketones (excluding diaryl/α,β-unsaturated/α-hetero) is 1. The highest BCUT2D eigenvalue weighted by atomic mass is 16.3. The van der Waals surface area contributed by atoms with Gasteiger partial charge < -0.3 is 5.11 Å². The van der Waals surface area contributed by atoms with E-state index >= 15 is 0 Å². The Bertz CT molecular complexity index is 185. The molecule has 2 rings (SSSR count). The van der Waals surface area contributed by atoms with Gasteiger partial charge in [0.25, 0.3) is 0 Å². The van der Waals surface area contributed by atoms with Gasteiger partial charge in [-0.15, -0.1) is 0 Å². The summed E-state index contributed by atoms with van der Waals surface area (Å²) in [4.78, 5) is 11.8. The number of ketones is 1. The van der Waals surface area contributed by atoms with Crippen molar-refractivity contribution < 1.29 is 9.90 Å². The van der Waals surface area contributed by atoms with Crippen molar-refractivity contribution in [1.82, 2.24) is 0 Å². The summed E-state index contributed by atoms with van der Waals surface area (Å²) in [5, 5.41) is 9.15. The van der Waals surface area contributed by atoms with Crippen LogP contribution in [-0.4, -0.2) is 17.5 Å². The van der Waals surface area contributed by atoms with Crippen LogP contribution >= 0.6 is 0 Å². The van der Waals surface area contributed by atoms with Crippen molar-refractivity contribution in [3.05, 3.63) is 0 Å². The Morgan fingerprint density at radius 3 is 2.25 bits per heavy atom. The molecule has 0 atom stereocenters. The van der Waals surface area contributed by atoms with Crippen molar-refractivity contribution in [3.8, 4) is 0 Å². The first-order valence-electron chi connectivity index (χ1n) is 4.94. The fraction of sp³-hybridized carbons (Fsp3) is 0.900. The van der Waals surface area contributed by atoms with Crippen molar-refractivity contribution in [3.63, 3.8) is 0 Å². The van der Waals surface area contributed by atoms with E-state index in [0.717, 1.165) is 32.1 Å². The van der Waals surface area contributed by atoms with Gasteiger partial charge in [-0.25, -0.2) is 0 Å². The van der Waals surface area contributed by atoms with Crippen LogP contribution in [0.25, 0.3) is 0 Å². The highest BCUT2D eigenvalue weighted by Crippen LogP contribution is 2.46. The molecule has 0 radical (unpaired) electrons. The normalized spacial score (nSPS) is 27.4. The summed E-state index contributed by atoms with van der Waals surface area (Å²) in [6.07, 6.45) is 6.33. The van der Waals surface area contributed by atoms with E-state index < -0.39 is 0 Å². The SMILES string of the molecule is O=C(C1CCC1)C1(CO)CCC1. The molecule has 0 spiro atoms. The van der Waals surface area contributed by atoms with Crippen LogP contribution in [0.5, 0.6) is 0 Å². The Kier molecular flexibility index (Phi) is 1.95. The van der Waals surface area contributed by atoms with Crippen molar-refractivity contribution in [1.29, 1.82) is 0 Å². The van der Waals surface area contributed by atoms with Crippen LogP contribution in [-0.2, 0) is 4.79 Å². The zero-order valence-electron chi connectivity index (χ0n) is 7.38. The Labute approximate surface area is 73.0 Å². The molecule has 2 nitrogen and oxygen atoms in total. The van der Waals surface area contributed by atoms with Crippen LogP contribution < -0.4 is 0 Å². The zero-order valence-corrected chi connectivity index (χ0v) is 7.38. The highest BCUT2D eigenvalue weighted by Gasteiger charge is 2.47. The van der Waals surface area contributed by atoms with E-state index in [4.69, 9.17) is 5.11 Å². The number of hydrogen-bond donors (Lipinski definition) is 1. The second kappa shape index (κ2) is 2.84. The standard InChI is InChI=1S/C10H16O2/c11-7-10(5-2-6-10)9(12)8-3-1-4-8/h8,11H,1-7H2. The molecule has 0 aromatic carbocycles. The zero-order chi connectivity index (χ0) is 8.60. The highest BCUT2D eigenvalue weighted by molar-refractivity contribution is 5.88. The summed E-state index contributed by atoms with van der Waals surface area (Å²) in [6, 6.07) is 0. The lowest BCUT2D eigenvalue weighted by Gasteiger charge is -2.43. The molecule has 0 amide bonds. The fourth-order valence-electron chi connectivity index (χ4n) is 2.19. The van der Waals surface area contributed by atoms with Gasteiger partial charge in [0, 0.05) is 5.92 Å². The monoisotopic (exact) mass is 168 g/mol. The molecule has 0 aliphatic heterocycles. The fourth-order valence-corrected chi connectivity index (χ4v) is 2.19. The average Bonchev–Trinajstić information content (AvgIpc) is 1.81. The van der Waals surface area contributed by atoms with E-state index in [2.05, 4.69) is 0 Å². The molecule has 68 valence electrons. The van der Waals surface area contributed by atoms with Gasteiger partial charge in [0.1, 0.15) is 5.78 Å². The predicted molar refractivity (Wildman–Crippen MR) is 45.7 cm³/mol. The Balaban J connectivity index is 2.00. The van der Waals surface area contributed by atoms with Gasteiger partial charge >= 0.3 is 0 Å². The first kappa shape index (κ1) is 8.24. The number of rotatable bonds is 3. The molecule has 0 heterocycles. The maximum absolute atomic E-state index is 11.8. The van der Waals surface area contributed by atoms with Gasteiger partial charge in [-0.2, -0.15) is 0 Å². The van der Waals surface area contributed by atoms with Crippen molar-refractivity contribution in [2.45, 2.75) is 38.5 Å². The van der Waals surface area contributed by atoms with Gasteiger partial charge in [-0.05, 0) is 25.7 Å². The van der Waals surface area contributed by atoms with Crippen LogP contribution in [0.2, 0.25) is 0 Å². The quantitative estimate of drug-likeness (QED) is 0.693. The first-order valence-corrected chi connectivity index (χ1v) is 4.94. The van der Waals surface area contributed by atoms with Crippen LogP contribution in [0.4, 0.5) is 0 Å². The summed E-state index contributed by atoms with van der Waals surface area (Å²) in [7, 11) is 0. The van der Waals surface area contributed by atoms with Gasteiger partial charge in [0.2, 0.25) is 0 Å². The Morgan fingerprint density at radius 1 is 1.33 bits per heavy atom. The van der Waals surface area contributed by atoms with E-state index in [9.17, 15) is 4.79 Å². The van der Waals surface area contributed by atoms with Gasteiger partial charge in [-0.3, -0.25) is 4.79 Å². The molecule has 12 heavy (non-hydrogen) atoms. The molecular formula is C10H16O2. The summed E-state index contributed by atoms with van der Waals surface area (Å²) < 4.78 is 0. The smallest absolute Gasteiger partial charge is 0.144 e. The molecule has 0 unspecified atom stereocenters. The van der Waals surface area contributed by atoms with E-state index in [1.807, 2.05) is 0 Å². The van der Waals surface area contributed by atoms with Crippen molar-refractivity contribution in [2.24, 2.45) is 11.3 Å². The first-order chi connectivity index (χ1) is 5.78. The van der Waals surface area contributed by atoms with E-state index in [-0.39, 0.29) is 12.0 Å². The average molecular weight is 168 g/mol. The van der Waals surface area contributed by atoms with E-state index in [1.54, 1.807) is 0 Å². The third-order valence-corrected chi connectivity index (χ3v) is 3.61. The van der Waals surface area contributed by atoms with Crippen molar-refractivity contribution >= 4 is 5.78 Å². The molecule has 2 heteroatoms. The molecule has 2 saturated carbocycles. The third-order valence-electron chi connectivity index (χ3n) is 3.61. The molecule has 0 aromatic rings. The molecule has 2 aliphatic carbocycles. The lowest BCUT2D eigenvalue weighted by Crippen LogP contribution is -2.46. The maximum atomic E-state index is 11.8. The summed E-state index contributed by atoms with van der Waals surface area (Å²) >= 11 is 0. The molecule has 2 fully saturated rings. The maximum Gasteiger partial charge on any atom is 0.144 e. The summed E-state index contributed by atoms with van der Waals surface area (Å²) in [5.41, 5.74) is -0.287. The lowest BCUT2D eigenvalue weighted by atomic mass is 9.61. The molecule has 0 bridgehead atoms. The number of carbonyl (C=O) groups is 1. The van der Waals surface area contributed by atoms with Gasteiger partial charge in [-0.1, -0.05) is 12.8 Å². The second-order valence-corrected chi connectivity index (χ2v) is 4.28. The molecule has 2 aliphatic rings. The van der Waals surface area contributed by atoms with Crippen LogP contribution in [0.3, 0.4) is 0 Å². The minimum atomic E-state index is -0.287. The van der Waals surface area contributed by atoms with Crippen LogP contribution in [0.15, 0.2) is 0 Å². The Morgan fingerprint density at radius 2 is 2.00 bits per heavy atom. The largest absolute Gasteiger partial charge is 0.395 e. The predicted octanol–water partition coefficient (Wildman–Crippen LogP) is 1.52. The lowest BCUT2D eigenvalue weighted by molar-refractivity contribution is -0.143. The van der Waals surface area contributed by atoms with Crippen LogP contribution in [0, 0.1) is 11.3 Å². The van der Waals surface area contributed by atoms with Gasteiger partial charge in [0.15, 0.2) is 0 Å². The molecular weight excluding hydrogens is 152 g/mol. The second-order valence-electron chi connectivity index (χ2n) is 4.28. The molecule has 0 aromatic heterocycles. The van der Waals surface area contributed by atoms with E-state index in [1.165, 1.54) is 6.42 Å². The topological polar surface area (TPSA) is 37.3 Å². The van der Waals surface area contributed by atoms with Gasteiger partial charge in [0.05, 0.1) is 12.0 Å². The van der Waals surface area contributed by atoms with E-state index in [0.29, 0.717) is 11.7 Å². The summed E-state index contributed by atoms with van der Waals surface area (Å²) in [5.74, 6) is 0.667. The van der Waals surface area contributed by atoms with Crippen LogP contribution in [0.1, 0.15) is 38.5 Å². The minimum Gasteiger partial charge on any atom is -0.395 e. The number of hydrogen-bond acceptors (Lipinski definition) is 2. The number of carbonyl (C=O) groups excluding carboxylic acids is 1. The molecule has 0 saturated heterocycles. The third kappa shape index (κ3) is 1.01. The molecule has 1 N–H and O–H groups in total. The minimum absolute atomic E-state index is 0.0856. The number of aliphatic hydroxyl groups excluding tert-OH is 1. The number of aliphatic hydroxyl groups is 1. The Hall–Kier alpha value is -0.370.